The summed E-state index contributed by atoms with van der Waals surface area (Å²) in [5.41, 5.74) is 0. The van der Waals surface area contributed by atoms with E-state index in [1.165, 1.54) is 17.7 Å². The van der Waals surface area contributed by atoms with Crippen LogP contribution in [-0.4, -0.2) is 19.7 Å². The number of nitrogens with zero attached hydrogens (tertiary/aromatic N) is 3. The molecule has 2 aromatic rings. The van der Waals surface area contributed by atoms with Crippen molar-refractivity contribution >= 4 is 16.3 Å². The SMILES string of the molecule is CC(O)c1cn2ncnc2s1. The van der Waals surface area contributed by atoms with Gasteiger partial charge in [-0.25, -0.2) is 9.50 Å². The average Bonchev–Trinajstić information content (AvgIpc) is 2.40. The molecule has 1 N–H and O–H groups in total. The van der Waals surface area contributed by atoms with Gasteiger partial charge >= 0.3 is 0 Å². The summed E-state index contributed by atoms with van der Waals surface area (Å²) in [5.74, 6) is 0. The van der Waals surface area contributed by atoms with E-state index >= 15 is 0 Å². The van der Waals surface area contributed by atoms with Crippen LogP contribution in [0, 0.1) is 0 Å². The molecule has 2 heterocycles. The molecule has 0 fully saturated rings. The van der Waals surface area contributed by atoms with Gasteiger partial charge < -0.3 is 5.11 Å². The Hall–Kier alpha value is -0.940. The third-order valence-electron chi connectivity index (χ3n) is 1.41. The van der Waals surface area contributed by atoms with E-state index < -0.39 is 6.10 Å². The van der Waals surface area contributed by atoms with Crippen LogP contribution in [0.25, 0.3) is 4.96 Å². The first-order valence-corrected chi connectivity index (χ1v) is 4.06. The van der Waals surface area contributed by atoms with E-state index in [2.05, 4.69) is 10.1 Å². The minimum Gasteiger partial charge on any atom is -0.388 e. The molecule has 2 aromatic heterocycles. The van der Waals surface area contributed by atoms with E-state index in [9.17, 15) is 5.11 Å². The van der Waals surface area contributed by atoms with Gasteiger partial charge in [0.2, 0.25) is 4.96 Å². The maximum Gasteiger partial charge on any atom is 0.212 e. The molecular formula is C6H7N3OS. The lowest BCUT2D eigenvalue weighted by Crippen LogP contribution is -1.85. The summed E-state index contributed by atoms with van der Waals surface area (Å²) in [4.78, 5) is 5.69. The quantitative estimate of drug-likeness (QED) is 0.688. The highest BCUT2D eigenvalue weighted by atomic mass is 32.1. The minimum absolute atomic E-state index is 0.427. The summed E-state index contributed by atoms with van der Waals surface area (Å²) >= 11 is 1.45. The molecular weight excluding hydrogens is 162 g/mol. The van der Waals surface area contributed by atoms with Crippen LogP contribution in [-0.2, 0) is 0 Å². The smallest absolute Gasteiger partial charge is 0.212 e. The molecule has 58 valence electrons. The van der Waals surface area contributed by atoms with E-state index in [1.807, 2.05) is 0 Å². The topological polar surface area (TPSA) is 50.4 Å². The van der Waals surface area contributed by atoms with E-state index in [1.54, 1.807) is 17.6 Å². The third-order valence-corrected chi connectivity index (χ3v) is 2.57. The molecule has 0 radical (unpaired) electrons. The molecule has 0 aliphatic heterocycles. The van der Waals surface area contributed by atoms with Crippen LogP contribution in [0.3, 0.4) is 0 Å². The van der Waals surface area contributed by atoms with Crippen LogP contribution >= 0.6 is 11.3 Å². The van der Waals surface area contributed by atoms with Crippen molar-refractivity contribution in [2.75, 3.05) is 0 Å². The van der Waals surface area contributed by atoms with Crippen molar-refractivity contribution in [3.05, 3.63) is 17.4 Å². The number of hydrogen-bond acceptors (Lipinski definition) is 4. The highest BCUT2D eigenvalue weighted by Crippen LogP contribution is 2.21. The molecule has 0 saturated heterocycles. The number of aliphatic hydroxyl groups is 1. The molecule has 2 rings (SSSR count). The zero-order chi connectivity index (χ0) is 7.84. The maximum atomic E-state index is 9.18. The largest absolute Gasteiger partial charge is 0.388 e. The summed E-state index contributed by atoms with van der Waals surface area (Å²) in [5, 5.41) is 13.1. The average molecular weight is 169 g/mol. The fourth-order valence-electron chi connectivity index (χ4n) is 0.846. The Morgan fingerprint density at radius 2 is 2.55 bits per heavy atom. The van der Waals surface area contributed by atoms with Crippen LogP contribution in [0.15, 0.2) is 12.5 Å². The monoisotopic (exact) mass is 169 g/mol. The van der Waals surface area contributed by atoms with Crippen molar-refractivity contribution in [3.63, 3.8) is 0 Å². The molecule has 11 heavy (non-hydrogen) atoms. The second kappa shape index (κ2) is 2.28. The Bertz CT molecular complexity index is 336. The molecule has 0 amide bonds. The minimum atomic E-state index is -0.427. The van der Waals surface area contributed by atoms with Gasteiger partial charge in [-0.1, -0.05) is 11.3 Å². The lowest BCUT2D eigenvalue weighted by molar-refractivity contribution is 0.203. The van der Waals surface area contributed by atoms with Crippen LogP contribution in [0.2, 0.25) is 0 Å². The van der Waals surface area contributed by atoms with Gasteiger partial charge in [0, 0.05) is 6.20 Å². The Morgan fingerprint density at radius 1 is 1.73 bits per heavy atom. The summed E-state index contributed by atoms with van der Waals surface area (Å²) < 4.78 is 1.66. The first-order chi connectivity index (χ1) is 5.27. The molecule has 5 heteroatoms. The Kier molecular flexibility index (Phi) is 1.40. The molecule has 0 aliphatic rings. The summed E-state index contributed by atoms with van der Waals surface area (Å²) in [6.07, 6.45) is 2.86. The highest BCUT2D eigenvalue weighted by molar-refractivity contribution is 7.17. The number of rotatable bonds is 1. The molecule has 1 atom stereocenters. The van der Waals surface area contributed by atoms with Gasteiger partial charge in [0.25, 0.3) is 0 Å². The molecule has 0 saturated carbocycles. The second-order valence-electron chi connectivity index (χ2n) is 2.30. The van der Waals surface area contributed by atoms with Crippen molar-refractivity contribution in [2.24, 2.45) is 0 Å². The molecule has 0 spiro atoms. The van der Waals surface area contributed by atoms with Gasteiger partial charge in [0.1, 0.15) is 6.33 Å². The second-order valence-corrected chi connectivity index (χ2v) is 3.34. The van der Waals surface area contributed by atoms with Crippen LogP contribution in [0.4, 0.5) is 0 Å². The predicted octanol–water partition coefficient (Wildman–Crippen LogP) is 0.844. The lowest BCUT2D eigenvalue weighted by atomic mass is 10.4. The van der Waals surface area contributed by atoms with Gasteiger partial charge in [0.15, 0.2) is 0 Å². The Morgan fingerprint density at radius 3 is 3.18 bits per heavy atom. The van der Waals surface area contributed by atoms with Crippen LogP contribution in [0.1, 0.15) is 17.9 Å². The fourth-order valence-corrected chi connectivity index (χ4v) is 1.67. The van der Waals surface area contributed by atoms with Crippen molar-refractivity contribution in [1.82, 2.24) is 14.6 Å². The number of aliphatic hydroxyl groups excluding tert-OH is 1. The number of thiazole rings is 1. The van der Waals surface area contributed by atoms with Crippen LogP contribution in [0.5, 0.6) is 0 Å². The predicted molar refractivity (Wildman–Crippen MR) is 41.5 cm³/mol. The molecule has 0 aromatic carbocycles. The van der Waals surface area contributed by atoms with Gasteiger partial charge in [-0.3, -0.25) is 0 Å². The molecule has 4 nitrogen and oxygen atoms in total. The van der Waals surface area contributed by atoms with E-state index in [-0.39, 0.29) is 0 Å². The Labute approximate surface area is 67.1 Å². The number of hydrogen-bond donors (Lipinski definition) is 1. The van der Waals surface area contributed by atoms with Crippen LogP contribution < -0.4 is 0 Å². The fraction of sp³-hybridized carbons (Fsp3) is 0.333. The number of fused-ring (bicyclic) bond motifs is 1. The standard InChI is InChI=1S/C6H7N3OS/c1-4(10)5-2-9-6(11-5)7-3-8-9/h2-4,10H,1H3. The van der Waals surface area contributed by atoms with Gasteiger partial charge in [0.05, 0.1) is 11.0 Å². The zero-order valence-corrected chi connectivity index (χ0v) is 6.75. The van der Waals surface area contributed by atoms with Crippen molar-refractivity contribution in [2.45, 2.75) is 13.0 Å². The molecule has 1 unspecified atom stereocenters. The van der Waals surface area contributed by atoms with Crippen molar-refractivity contribution in [3.8, 4) is 0 Å². The summed E-state index contributed by atoms with van der Waals surface area (Å²) in [6.45, 7) is 1.73. The van der Waals surface area contributed by atoms with E-state index in [4.69, 9.17) is 0 Å². The summed E-state index contributed by atoms with van der Waals surface area (Å²) in [7, 11) is 0. The van der Waals surface area contributed by atoms with Gasteiger partial charge in [-0.05, 0) is 6.92 Å². The normalized spacial score (nSPS) is 14.0. The maximum absolute atomic E-state index is 9.18. The number of aromatic nitrogens is 3. The van der Waals surface area contributed by atoms with E-state index in [0.717, 1.165) is 9.84 Å². The lowest BCUT2D eigenvalue weighted by Gasteiger charge is -1.94. The van der Waals surface area contributed by atoms with E-state index in [0.29, 0.717) is 0 Å². The van der Waals surface area contributed by atoms with Crippen molar-refractivity contribution < 1.29 is 5.11 Å². The summed E-state index contributed by atoms with van der Waals surface area (Å²) in [6, 6.07) is 0. The van der Waals surface area contributed by atoms with Crippen molar-refractivity contribution in [1.29, 1.82) is 0 Å². The zero-order valence-electron chi connectivity index (χ0n) is 5.93. The Balaban J connectivity index is 2.58. The highest BCUT2D eigenvalue weighted by Gasteiger charge is 2.06. The third kappa shape index (κ3) is 1.02. The molecule has 0 bridgehead atoms. The molecule has 0 aliphatic carbocycles. The van der Waals surface area contributed by atoms with Gasteiger partial charge in [-0.2, -0.15) is 5.10 Å². The van der Waals surface area contributed by atoms with Gasteiger partial charge in [-0.15, -0.1) is 0 Å². The first kappa shape index (κ1) is 6.75. The first-order valence-electron chi connectivity index (χ1n) is 3.24.